The SMILES string of the molecule is Cc1ccc(C)c2nc(N3CCN(C)CC3)c(CCN)cc12. The zero-order chi connectivity index (χ0) is 15.7. The van der Waals surface area contributed by atoms with E-state index in [9.17, 15) is 0 Å². The topological polar surface area (TPSA) is 45.4 Å². The van der Waals surface area contributed by atoms with Gasteiger partial charge in [0.05, 0.1) is 5.52 Å². The molecule has 2 heterocycles. The number of benzene rings is 1. The first-order chi connectivity index (χ1) is 10.6. The lowest BCUT2D eigenvalue weighted by atomic mass is 10.0. The second-order valence-corrected chi connectivity index (χ2v) is 6.40. The Balaban J connectivity index is 2.10. The zero-order valence-corrected chi connectivity index (χ0v) is 13.9. The first kappa shape index (κ1) is 15.3. The van der Waals surface area contributed by atoms with E-state index in [4.69, 9.17) is 10.7 Å². The molecule has 22 heavy (non-hydrogen) atoms. The van der Waals surface area contributed by atoms with Gasteiger partial charge in [-0.05, 0) is 56.6 Å². The minimum Gasteiger partial charge on any atom is -0.354 e. The first-order valence-corrected chi connectivity index (χ1v) is 8.13. The molecule has 4 heteroatoms. The molecule has 0 aliphatic carbocycles. The van der Waals surface area contributed by atoms with Gasteiger partial charge in [0.1, 0.15) is 5.82 Å². The van der Waals surface area contributed by atoms with Crippen LogP contribution >= 0.6 is 0 Å². The van der Waals surface area contributed by atoms with Crippen LogP contribution in [0.5, 0.6) is 0 Å². The van der Waals surface area contributed by atoms with Gasteiger partial charge in [-0.15, -0.1) is 0 Å². The predicted octanol–water partition coefficient (Wildman–Crippen LogP) is 2.10. The Kier molecular flexibility index (Phi) is 4.32. The van der Waals surface area contributed by atoms with Crippen molar-refractivity contribution >= 4 is 16.7 Å². The van der Waals surface area contributed by atoms with Gasteiger partial charge in [-0.25, -0.2) is 4.98 Å². The van der Waals surface area contributed by atoms with Crippen molar-refractivity contribution < 1.29 is 0 Å². The number of nitrogens with zero attached hydrogens (tertiary/aromatic N) is 3. The molecule has 2 aromatic rings. The van der Waals surface area contributed by atoms with E-state index in [0.29, 0.717) is 6.54 Å². The molecule has 0 unspecified atom stereocenters. The lowest BCUT2D eigenvalue weighted by Crippen LogP contribution is -2.45. The summed E-state index contributed by atoms with van der Waals surface area (Å²) >= 11 is 0. The molecule has 0 amide bonds. The van der Waals surface area contributed by atoms with E-state index >= 15 is 0 Å². The zero-order valence-electron chi connectivity index (χ0n) is 13.9. The van der Waals surface area contributed by atoms with E-state index in [1.807, 2.05) is 0 Å². The van der Waals surface area contributed by atoms with Gasteiger partial charge in [0.25, 0.3) is 0 Å². The highest BCUT2D eigenvalue weighted by Gasteiger charge is 2.19. The summed E-state index contributed by atoms with van der Waals surface area (Å²) in [4.78, 5) is 9.85. The average molecular weight is 298 g/mol. The number of hydrogen-bond acceptors (Lipinski definition) is 4. The summed E-state index contributed by atoms with van der Waals surface area (Å²) in [7, 11) is 2.18. The van der Waals surface area contributed by atoms with Crippen LogP contribution in [0, 0.1) is 13.8 Å². The molecule has 118 valence electrons. The highest BCUT2D eigenvalue weighted by Crippen LogP contribution is 2.28. The summed E-state index contributed by atoms with van der Waals surface area (Å²) in [6.45, 7) is 9.23. The van der Waals surface area contributed by atoms with Gasteiger partial charge in [0.15, 0.2) is 0 Å². The summed E-state index contributed by atoms with van der Waals surface area (Å²) in [5.41, 5.74) is 10.8. The van der Waals surface area contributed by atoms with Crippen molar-refractivity contribution in [2.24, 2.45) is 5.73 Å². The van der Waals surface area contributed by atoms with Gasteiger partial charge in [-0.1, -0.05) is 12.1 Å². The Bertz CT molecular complexity index is 672. The number of nitrogens with two attached hydrogens (primary N) is 1. The van der Waals surface area contributed by atoms with Gasteiger partial charge in [0, 0.05) is 31.6 Å². The van der Waals surface area contributed by atoms with Crippen molar-refractivity contribution in [2.75, 3.05) is 44.7 Å². The Hall–Kier alpha value is -1.65. The van der Waals surface area contributed by atoms with Crippen molar-refractivity contribution in [2.45, 2.75) is 20.3 Å². The monoisotopic (exact) mass is 298 g/mol. The van der Waals surface area contributed by atoms with E-state index in [1.54, 1.807) is 0 Å². The summed E-state index contributed by atoms with van der Waals surface area (Å²) < 4.78 is 0. The van der Waals surface area contributed by atoms with Crippen LogP contribution in [0.1, 0.15) is 16.7 Å². The van der Waals surface area contributed by atoms with E-state index < -0.39 is 0 Å². The standard InChI is InChI=1S/C18H26N4/c1-13-4-5-14(2)17-16(13)12-15(6-7-19)18(20-17)22-10-8-21(3)9-11-22/h4-5,12H,6-11,19H2,1-3H3. The van der Waals surface area contributed by atoms with Crippen LogP contribution in [0.4, 0.5) is 5.82 Å². The fraction of sp³-hybridized carbons (Fsp3) is 0.500. The number of aryl methyl sites for hydroxylation is 2. The van der Waals surface area contributed by atoms with Gasteiger partial charge >= 0.3 is 0 Å². The van der Waals surface area contributed by atoms with Crippen LogP contribution in [0.3, 0.4) is 0 Å². The summed E-state index contributed by atoms with van der Waals surface area (Å²) in [5, 5.41) is 1.27. The average Bonchev–Trinajstić information content (AvgIpc) is 2.52. The van der Waals surface area contributed by atoms with Crippen molar-refractivity contribution in [3.8, 4) is 0 Å². The molecule has 0 spiro atoms. The number of hydrogen-bond donors (Lipinski definition) is 1. The van der Waals surface area contributed by atoms with Gasteiger partial charge in [0.2, 0.25) is 0 Å². The molecule has 1 fully saturated rings. The Morgan fingerprint density at radius 3 is 2.45 bits per heavy atom. The lowest BCUT2D eigenvalue weighted by molar-refractivity contribution is 0.312. The molecule has 4 nitrogen and oxygen atoms in total. The number of likely N-dealkylation sites (N-methyl/N-ethyl adjacent to an activating group) is 1. The van der Waals surface area contributed by atoms with Crippen molar-refractivity contribution in [1.29, 1.82) is 0 Å². The molecule has 0 saturated carbocycles. The van der Waals surface area contributed by atoms with Gasteiger partial charge in [-0.3, -0.25) is 0 Å². The molecule has 0 bridgehead atoms. The molecule has 1 aromatic carbocycles. The maximum Gasteiger partial charge on any atom is 0.132 e. The quantitative estimate of drug-likeness (QED) is 0.942. The highest BCUT2D eigenvalue weighted by molar-refractivity contribution is 5.87. The second kappa shape index (κ2) is 6.23. The highest BCUT2D eigenvalue weighted by atomic mass is 15.3. The molecule has 1 aromatic heterocycles. The molecular formula is C18H26N4. The molecular weight excluding hydrogens is 272 g/mol. The number of fused-ring (bicyclic) bond motifs is 1. The number of pyridine rings is 1. The fourth-order valence-electron chi connectivity index (χ4n) is 3.20. The Morgan fingerprint density at radius 2 is 1.77 bits per heavy atom. The van der Waals surface area contributed by atoms with E-state index in [2.05, 4.69) is 48.9 Å². The minimum atomic E-state index is 0.665. The lowest BCUT2D eigenvalue weighted by Gasteiger charge is -2.34. The molecule has 0 radical (unpaired) electrons. The van der Waals surface area contributed by atoms with Crippen LogP contribution in [-0.4, -0.2) is 49.7 Å². The molecule has 0 atom stereocenters. The molecule has 1 saturated heterocycles. The largest absolute Gasteiger partial charge is 0.354 e. The van der Waals surface area contributed by atoms with Crippen molar-refractivity contribution in [3.05, 3.63) is 34.9 Å². The number of piperazine rings is 1. The third kappa shape index (κ3) is 2.81. The summed E-state index contributed by atoms with van der Waals surface area (Å²) in [5.74, 6) is 1.14. The predicted molar refractivity (Wildman–Crippen MR) is 93.7 cm³/mol. The maximum atomic E-state index is 5.84. The molecule has 1 aliphatic heterocycles. The maximum absolute atomic E-state index is 5.84. The number of aromatic nitrogens is 1. The second-order valence-electron chi connectivity index (χ2n) is 6.40. The minimum absolute atomic E-state index is 0.665. The summed E-state index contributed by atoms with van der Waals surface area (Å²) in [6.07, 6.45) is 0.887. The van der Waals surface area contributed by atoms with Crippen LogP contribution in [-0.2, 0) is 6.42 Å². The van der Waals surface area contributed by atoms with Crippen LogP contribution < -0.4 is 10.6 Å². The first-order valence-electron chi connectivity index (χ1n) is 8.13. The summed E-state index contributed by atoms with van der Waals surface area (Å²) in [6, 6.07) is 6.66. The van der Waals surface area contributed by atoms with Gasteiger partial charge in [-0.2, -0.15) is 0 Å². The normalized spacial score (nSPS) is 16.5. The number of anilines is 1. The van der Waals surface area contributed by atoms with Crippen LogP contribution in [0.2, 0.25) is 0 Å². The van der Waals surface area contributed by atoms with Gasteiger partial charge < -0.3 is 15.5 Å². The Morgan fingerprint density at radius 1 is 1.09 bits per heavy atom. The third-order valence-electron chi connectivity index (χ3n) is 4.68. The van der Waals surface area contributed by atoms with E-state index in [-0.39, 0.29) is 0 Å². The molecule has 1 aliphatic rings. The van der Waals surface area contributed by atoms with Crippen LogP contribution in [0.15, 0.2) is 18.2 Å². The van der Waals surface area contributed by atoms with E-state index in [1.165, 1.54) is 22.1 Å². The molecule has 2 N–H and O–H groups in total. The molecule has 3 rings (SSSR count). The Labute approximate surface area is 132 Å². The van der Waals surface area contributed by atoms with E-state index in [0.717, 1.165) is 43.9 Å². The van der Waals surface area contributed by atoms with Crippen LogP contribution in [0.25, 0.3) is 10.9 Å². The fourth-order valence-corrected chi connectivity index (χ4v) is 3.20. The van der Waals surface area contributed by atoms with Crippen molar-refractivity contribution in [3.63, 3.8) is 0 Å². The van der Waals surface area contributed by atoms with Crippen molar-refractivity contribution in [1.82, 2.24) is 9.88 Å². The number of rotatable bonds is 3. The third-order valence-corrected chi connectivity index (χ3v) is 4.68. The smallest absolute Gasteiger partial charge is 0.132 e.